The van der Waals surface area contributed by atoms with E-state index in [1.165, 1.54) is 12.1 Å². The Labute approximate surface area is 128 Å². The molecule has 0 aliphatic carbocycles. The Morgan fingerprint density at radius 3 is 2.76 bits per heavy atom. The van der Waals surface area contributed by atoms with Gasteiger partial charge in [0.15, 0.2) is 0 Å². The van der Waals surface area contributed by atoms with E-state index in [4.69, 9.17) is 16.3 Å². The molecule has 1 heterocycles. The Hall–Kier alpha value is -2.05. The second-order valence-electron chi connectivity index (χ2n) is 4.34. The van der Waals surface area contributed by atoms with Crippen molar-refractivity contribution in [3.8, 4) is 17.6 Å². The van der Waals surface area contributed by atoms with E-state index in [9.17, 15) is 4.39 Å². The third-order valence-corrected chi connectivity index (χ3v) is 2.97. The van der Waals surface area contributed by atoms with Gasteiger partial charge in [-0.15, -0.1) is 11.6 Å². The molecule has 108 valence electrons. The van der Waals surface area contributed by atoms with E-state index in [2.05, 4.69) is 16.8 Å². The second kappa shape index (κ2) is 8.28. The summed E-state index contributed by atoms with van der Waals surface area (Å²) in [6.45, 7) is 0.456. The number of ether oxygens (including phenoxy) is 1. The molecule has 0 N–H and O–H groups in total. The lowest BCUT2D eigenvalue weighted by Crippen LogP contribution is -2.03. The predicted molar refractivity (Wildman–Crippen MR) is 82.1 cm³/mol. The van der Waals surface area contributed by atoms with E-state index in [0.29, 0.717) is 30.2 Å². The van der Waals surface area contributed by atoms with Crippen LogP contribution in [0.5, 0.6) is 5.75 Å². The summed E-state index contributed by atoms with van der Waals surface area (Å²) in [6.07, 6.45) is 4.80. The maximum Gasteiger partial charge on any atom is 0.137 e. The van der Waals surface area contributed by atoms with E-state index in [1.54, 1.807) is 18.5 Å². The van der Waals surface area contributed by atoms with Gasteiger partial charge < -0.3 is 4.74 Å². The zero-order chi connectivity index (χ0) is 14.9. The number of alkyl halides is 1. The van der Waals surface area contributed by atoms with Crippen LogP contribution in [-0.4, -0.2) is 17.5 Å². The molecular weight excluding hydrogens is 289 g/mol. The first-order chi connectivity index (χ1) is 10.3. The Bertz CT molecular complexity index is 634. The molecule has 0 aliphatic heterocycles. The van der Waals surface area contributed by atoms with E-state index in [0.717, 1.165) is 12.0 Å². The van der Waals surface area contributed by atoms with Gasteiger partial charge in [-0.2, -0.15) is 0 Å². The van der Waals surface area contributed by atoms with Crippen molar-refractivity contribution in [2.24, 2.45) is 0 Å². The standard InChI is InChI=1S/C17H15ClFNO/c18-9-2-1-3-15-4-5-16(19)13-17(15)21-12-8-14-6-10-20-11-7-14/h4-7,10-11,13H,2,8-9,12H2. The Morgan fingerprint density at radius 1 is 1.19 bits per heavy atom. The average molecular weight is 304 g/mol. The van der Waals surface area contributed by atoms with Crippen LogP contribution >= 0.6 is 11.6 Å². The van der Waals surface area contributed by atoms with Crippen LogP contribution in [0.15, 0.2) is 42.7 Å². The zero-order valence-corrected chi connectivity index (χ0v) is 12.2. The zero-order valence-electron chi connectivity index (χ0n) is 11.5. The normalized spacial score (nSPS) is 9.81. The van der Waals surface area contributed by atoms with Crippen LogP contribution in [0, 0.1) is 17.7 Å². The minimum Gasteiger partial charge on any atom is -0.492 e. The van der Waals surface area contributed by atoms with Crippen molar-refractivity contribution < 1.29 is 9.13 Å². The summed E-state index contributed by atoms with van der Waals surface area (Å²) in [5, 5.41) is 0. The van der Waals surface area contributed by atoms with Gasteiger partial charge in [0.2, 0.25) is 0 Å². The van der Waals surface area contributed by atoms with E-state index in [1.807, 2.05) is 12.1 Å². The highest BCUT2D eigenvalue weighted by Crippen LogP contribution is 2.19. The first kappa shape index (κ1) is 15.3. The smallest absolute Gasteiger partial charge is 0.137 e. The number of benzene rings is 1. The summed E-state index contributed by atoms with van der Waals surface area (Å²) < 4.78 is 19.0. The van der Waals surface area contributed by atoms with Gasteiger partial charge >= 0.3 is 0 Å². The summed E-state index contributed by atoms with van der Waals surface area (Å²) in [7, 11) is 0. The second-order valence-corrected chi connectivity index (χ2v) is 4.71. The molecular formula is C17H15ClFNO. The molecule has 0 bridgehead atoms. The van der Waals surface area contributed by atoms with Gasteiger partial charge in [0.25, 0.3) is 0 Å². The largest absolute Gasteiger partial charge is 0.492 e. The van der Waals surface area contributed by atoms with Crippen LogP contribution in [0.3, 0.4) is 0 Å². The molecule has 0 aliphatic rings. The maximum atomic E-state index is 13.3. The predicted octanol–water partition coefficient (Wildman–Crippen LogP) is 3.82. The van der Waals surface area contributed by atoms with Gasteiger partial charge in [-0.3, -0.25) is 4.98 Å². The van der Waals surface area contributed by atoms with Gasteiger partial charge in [-0.05, 0) is 29.8 Å². The number of rotatable bonds is 5. The van der Waals surface area contributed by atoms with Crippen LogP contribution in [0.1, 0.15) is 17.5 Å². The molecule has 2 rings (SSSR count). The van der Waals surface area contributed by atoms with Gasteiger partial charge in [0, 0.05) is 37.2 Å². The average Bonchev–Trinajstić information content (AvgIpc) is 2.51. The van der Waals surface area contributed by atoms with Crippen LogP contribution in [0.25, 0.3) is 0 Å². The molecule has 0 saturated heterocycles. The molecule has 0 spiro atoms. The molecule has 0 amide bonds. The molecule has 0 unspecified atom stereocenters. The molecule has 21 heavy (non-hydrogen) atoms. The van der Waals surface area contributed by atoms with Crippen LogP contribution in [0.4, 0.5) is 4.39 Å². The number of halogens is 2. The van der Waals surface area contributed by atoms with Crippen molar-refractivity contribution in [3.05, 3.63) is 59.7 Å². The summed E-state index contributed by atoms with van der Waals surface area (Å²) >= 11 is 5.59. The minimum atomic E-state index is -0.336. The Morgan fingerprint density at radius 2 is 2.00 bits per heavy atom. The Kier molecular flexibility index (Phi) is 6.05. The van der Waals surface area contributed by atoms with E-state index >= 15 is 0 Å². The SMILES string of the molecule is Fc1ccc(C#CCCCl)c(OCCc2ccncc2)c1. The number of pyridine rings is 1. The molecule has 2 nitrogen and oxygen atoms in total. The number of hydrogen-bond donors (Lipinski definition) is 0. The van der Waals surface area contributed by atoms with Gasteiger partial charge in [0.1, 0.15) is 11.6 Å². The maximum absolute atomic E-state index is 13.3. The van der Waals surface area contributed by atoms with Crippen molar-refractivity contribution in [1.82, 2.24) is 4.98 Å². The first-order valence-corrected chi connectivity index (χ1v) is 7.19. The number of nitrogens with zero attached hydrogens (tertiary/aromatic N) is 1. The van der Waals surface area contributed by atoms with Gasteiger partial charge in [-0.25, -0.2) is 4.39 Å². The topological polar surface area (TPSA) is 22.1 Å². The number of hydrogen-bond acceptors (Lipinski definition) is 2. The fraction of sp³-hybridized carbons (Fsp3) is 0.235. The molecule has 0 fully saturated rings. The van der Waals surface area contributed by atoms with Gasteiger partial charge in [0.05, 0.1) is 12.2 Å². The summed E-state index contributed by atoms with van der Waals surface area (Å²) in [6, 6.07) is 8.21. The lowest BCUT2D eigenvalue weighted by atomic mass is 10.2. The lowest BCUT2D eigenvalue weighted by Gasteiger charge is -2.08. The molecule has 4 heteroatoms. The molecule has 1 aromatic carbocycles. The minimum absolute atomic E-state index is 0.336. The van der Waals surface area contributed by atoms with Crippen molar-refractivity contribution in [3.63, 3.8) is 0 Å². The molecule has 2 aromatic rings. The summed E-state index contributed by atoms with van der Waals surface area (Å²) in [5.41, 5.74) is 1.80. The summed E-state index contributed by atoms with van der Waals surface area (Å²) in [5.74, 6) is 6.49. The lowest BCUT2D eigenvalue weighted by molar-refractivity contribution is 0.319. The summed E-state index contributed by atoms with van der Waals surface area (Å²) in [4.78, 5) is 3.96. The molecule has 1 aromatic heterocycles. The van der Waals surface area contributed by atoms with Crippen molar-refractivity contribution in [1.29, 1.82) is 0 Å². The van der Waals surface area contributed by atoms with Crippen LogP contribution in [0.2, 0.25) is 0 Å². The monoisotopic (exact) mass is 303 g/mol. The quantitative estimate of drug-likeness (QED) is 0.619. The molecule has 0 radical (unpaired) electrons. The van der Waals surface area contributed by atoms with Gasteiger partial charge in [-0.1, -0.05) is 11.8 Å². The van der Waals surface area contributed by atoms with E-state index < -0.39 is 0 Å². The highest BCUT2D eigenvalue weighted by atomic mass is 35.5. The fourth-order valence-electron chi connectivity index (χ4n) is 1.75. The van der Waals surface area contributed by atoms with Crippen molar-refractivity contribution >= 4 is 11.6 Å². The Balaban J connectivity index is 2.01. The molecule has 0 saturated carbocycles. The van der Waals surface area contributed by atoms with Crippen molar-refractivity contribution in [2.75, 3.05) is 12.5 Å². The first-order valence-electron chi connectivity index (χ1n) is 6.65. The highest BCUT2D eigenvalue weighted by Gasteiger charge is 2.04. The third kappa shape index (κ3) is 5.09. The third-order valence-electron chi connectivity index (χ3n) is 2.78. The molecule has 0 atom stereocenters. The fourth-order valence-corrected chi connectivity index (χ4v) is 1.85. The van der Waals surface area contributed by atoms with Crippen LogP contribution in [-0.2, 0) is 6.42 Å². The van der Waals surface area contributed by atoms with Crippen LogP contribution < -0.4 is 4.74 Å². The number of aromatic nitrogens is 1. The van der Waals surface area contributed by atoms with E-state index in [-0.39, 0.29) is 5.82 Å². The van der Waals surface area contributed by atoms with Crippen molar-refractivity contribution in [2.45, 2.75) is 12.8 Å². The highest BCUT2D eigenvalue weighted by molar-refractivity contribution is 6.18.